The van der Waals surface area contributed by atoms with Gasteiger partial charge in [-0.25, -0.2) is 9.59 Å². The van der Waals surface area contributed by atoms with Crippen LogP contribution in [0.15, 0.2) is 33.9 Å². The van der Waals surface area contributed by atoms with Crippen molar-refractivity contribution in [2.45, 2.75) is 32.7 Å². The average Bonchev–Trinajstić information content (AvgIpc) is 3.28. The van der Waals surface area contributed by atoms with Gasteiger partial charge in [0.1, 0.15) is 6.04 Å². The van der Waals surface area contributed by atoms with E-state index in [1.54, 1.807) is 26.0 Å². The predicted octanol–water partition coefficient (Wildman–Crippen LogP) is 0.709. The van der Waals surface area contributed by atoms with E-state index in [1.807, 2.05) is 0 Å². The molecule has 36 heavy (non-hydrogen) atoms. The number of H-pyrrole nitrogens is 1. The van der Waals surface area contributed by atoms with E-state index in [0.717, 1.165) is 4.57 Å². The molecule has 0 spiro atoms. The Labute approximate surface area is 205 Å². The molecule has 0 saturated heterocycles. The summed E-state index contributed by atoms with van der Waals surface area (Å²) in [5.41, 5.74) is 0.202. The van der Waals surface area contributed by atoms with Crippen LogP contribution < -0.4 is 21.9 Å². The molecule has 1 unspecified atom stereocenters. The predicted molar refractivity (Wildman–Crippen MR) is 130 cm³/mol. The number of fused-ring (bicyclic) bond motifs is 1. The highest BCUT2D eigenvalue weighted by Gasteiger charge is 2.24. The fourth-order valence-electron chi connectivity index (χ4n) is 3.46. The minimum absolute atomic E-state index is 0.0388. The molecule has 192 valence electrons. The zero-order valence-corrected chi connectivity index (χ0v) is 20.4. The summed E-state index contributed by atoms with van der Waals surface area (Å²) in [7, 11) is 2.89. The van der Waals surface area contributed by atoms with Gasteiger partial charge in [-0.3, -0.25) is 23.5 Å². The van der Waals surface area contributed by atoms with Gasteiger partial charge in [0.15, 0.2) is 11.2 Å². The molecule has 0 bridgehead atoms. The fourth-order valence-corrected chi connectivity index (χ4v) is 3.46. The van der Waals surface area contributed by atoms with Crippen LogP contribution in [0.5, 0.6) is 0 Å². The molecule has 0 aliphatic carbocycles. The number of carbonyl (C=O) groups excluding carboxylic acids is 3. The molecule has 1 atom stereocenters. The summed E-state index contributed by atoms with van der Waals surface area (Å²) in [4.78, 5) is 68.2. The SMILES string of the molecule is CCOC(=O)CCC(NC(=O)c1ccc(Nc2nc3c([nH]2)c(=O)n(C)c(=O)n3C)cc1)C(=O)OCC. The number of nitrogens with zero attached hydrogens (tertiary/aromatic N) is 3. The molecule has 2 heterocycles. The number of carbonyl (C=O) groups is 3. The molecule has 3 rings (SSSR count). The minimum atomic E-state index is -1.01. The molecule has 13 nitrogen and oxygen atoms in total. The first-order valence-electron chi connectivity index (χ1n) is 11.3. The number of ether oxygens (including phenoxy) is 2. The van der Waals surface area contributed by atoms with Crippen LogP contribution in [-0.4, -0.2) is 56.2 Å². The Morgan fingerprint density at radius 2 is 1.69 bits per heavy atom. The highest BCUT2D eigenvalue weighted by atomic mass is 16.5. The van der Waals surface area contributed by atoms with Crippen LogP contribution in [-0.2, 0) is 33.2 Å². The lowest BCUT2D eigenvalue weighted by molar-refractivity contribution is -0.146. The first-order valence-corrected chi connectivity index (χ1v) is 11.3. The van der Waals surface area contributed by atoms with Gasteiger partial charge in [-0.05, 0) is 44.5 Å². The van der Waals surface area contributed by atoms with E-state index in [1.165, 1.54) is 30.8 Å². The first-order chi connectivity index (χ1) is 17.2. The third-order valence-electron chi connectivity index (χ3n) is 5.32. The van der Waals surface area contributed by atoms with Crippen LogP contribution in [0.25, 0.3) is 11.2 Å². The van der Waals surface area contributed by atoms with Crippen molar-refractivity contribution in [1.82, 2.24) is 24.4 Å². The van der Waals surface area contributed by atoms with E-state index in [-0.39, 0.29) is 48.7 Å². The number of nitrogens with one attached hydrogen (secondary N) is 3. The largest absolute Gasteiger partial charge is 0.466 e. The van der Waals surface area contributed by atoms with Crippen molar-refractivity contribution in [1.29, 1.82) is 0 Å². The minimum Gasteiger partial charge on any atom is -0.466 e. The molecule has 2 aromatic heterocycles. The third-order valence-corrected chi connectivity index (χ3v) is 5.32. The second-order valence-electron chi connectivity index (χ2n) is 7.81. The molecule has 0 aliphatic rings. The number of aromatic amines is 1. The summed E-state index contributed by atoms with van der Waals surface area (Å²) in [6.45, 7) is 3.68. The number of esters is 2. The summed E-state index contributed by atoms with van der Waals surface area (Å²) >= 11 is 0. The number of anilines is 2. The van der Waals surface area contributed by atoms with E-state index in [9.17, 15) is 24.0 Å². The number of aromatic nitrogens is 4. The maximum absolute atomic E-state index is 12.7. The molecule has 0 saturated carbocycles. The van der Waals surface area contributed by atoms with Gasteiger partial charge in [0.2, 0.25) is 5.95 Å². The Bertz CT molecular complexity index is 1390. The van der Waals surface area contributed by atoms with Crippen LogP contribution >= 0.6 is 0 Å². The molecule has 0 fully saturated rings. The van der Waals surface area contributed by atoms with E-state index in [4.69, 9.17) is 9.47 Å². The molecule has 13 heteroatoms. The Balaban J connectivity index is 1.72. The Morgan fingerprint density at radius 3 is 2.33 bits per heavy atom. The highest BCUT2D eigenvalue weighted by molar-refractivity contribution is 5.97. The van der Waals surface area contributed by atoms with Crippen LogP contribution in [0.1, 0.15) is 37.0 Å². The maximum atomic E-state index is 12.7. The maximum Gasteiger partial charge on any atom is 0.332 e. The zero-order chi connectivity index (χ0) is 26.4. The lowest BCUT2D eigenvalue weighted by Crippen LogP contribution is -2.42. The van der Waals surface area contributed by atoms with Gasteiger partial charge < -0.3 is 25.1 Å². The lowest BCUT2D eigenvalue weighted by atomic mass is 10.1. The fraction of sp³-hybridized carbons (Fsp3) is 0.391. The number of rotatable bonds is 10. The number of benzene rings is 1. The van der Waals surface area contributed by atoms with E-state index in [2.05, 4.69) is 20.6 Å². The van der Waals surface area contributed by atoms with Crippen LogP contribution in [0.3, 0.4) is 0 Å². The van der Waals surface area contributed by atoms with Gasteiger partial charge in [-0.15, -0.1) is 0 Å². The smallest absolute Gasteiger partial charge is 0.332 e. The Morgan fingerprint density at radius 1 is 1.03 bits per heavy atom. The molecule has 3 N–H and O–H groups in total. The lowest BCUT2D eigenvalue weighted by Gasteiger charge is -2.17. The van der Waals surface area contributed by atoms with Crippen molar-refractivity contribution >= 4 is 40.6 Å². The van der Waals surface area contributed by atoms with Crippen molar-refractivity contribution < 1.29 is 23.9 Å². The summed E-state index contributed by atoms with van der Waals surface area (Å²) in [5, 5.41) is 5.58. The number of aryl methyl sites for hydroxylation is 1. The summed E-state index contributed by atoms with van der Waals surface area (Å²) in [5.74, 6) is -1.40. The van der Waals surface area contributed by atoms with Crippen molar-refractivity contribution in [3.8, 4) is 0 Å². The second kappa shape index (κ2) is 11.3. The monoisotopic (exact) mass is 500 g/mol. The number of imidazole rings is 1. The van der Waals surface area contributed by atoms with E-state index in [0.29, 0.717) is 5.69 Å². The van der Waals surface area contributed by atoms with Crippen molar-refractivity contribution in [2.75, 3.05) is 18.5 Å². The van der Waals surface area contributed by atoms with Crippen LogP contribution in [0.4, 0.5) is 11.6 Å². The van der Waals surface area contributed by atoms with Gasteiger partial charge in [-0.2, -0.15) is 4.98 Å². The van der Waals surface area contributed by atoms with Crippen molar-refractivity contribution in [3.05, 3.63) is 50.7 Å². The summed E-state index contributed by atoms with van der Waals surface area (Å²) in [6.07, 6.45) is -0.0102. The summed E-state index contributed by atoms with van der Waals surface area (Å²) in [6, 6.07) is 5.27. The normalized spacial score (nSPS) is 11.7. The van der Waals surface area contributed by atoms with Gasteiger partial charge in [0.05, 0.1) is 13.2 Å². The second-order valence-corrected chi connectivity index (χ2v) is 7.81. The van der Waals surface area contributed by atoms with Gasteiger partial charge in [0, 0.05) is 31.8 Å². The van der Waals surface area contributed by atoms with Crippen molar-refractivity contribution in [2.24, 2.45) is 14.1 Å². The van der Waals surface area contributed by atoms with E-state index >= 15 is 0 Å². The number of hydrogen-bond acceptors (Lipinski definition) is 9. The zero-order valence-electron chi connectivity index (χ0n) is 20.4. The third kappa shape index (κ3) is 5.79. The molecule has 1 aromatic carbocycles. The quantitative estimate of drug-likeness (QED) is 0.340. The van der Waals surface area contributed by atoms with Crippen LogP contribution in [0.2, 0.25) is 0 Å². The molecular formula is C23H28N6O7. The molecule has 3 aromatic rings. The highest BCUT2D eigenvalue weighted by Crippen LogP contribution is 2.17. The topological polar surface area (TPSA) is 166 Å². The Hall–Kier alpha value is -4.42. The Kier molecular flexibility index (Phi) is 8.25. The molecule has 0 aliphatic heterocycles. The average molecular weight is 501 g/mol. The number of hydrogen-bond donors (Lipinski definition) is 3. The summed E-state index contributed by atoms with van der Waals surface area (Å²) < 4.78 is 12.1. The standard InChI is InChI=1S/C23H28N6O7/c1-5-35-16(30)12-11-15(21(33)36-6-2)25-19(31)13-7-9-14(10-8-13)24-22-26-17-18(27-22)28(3)23(34)29(4)20(17)32/h7-10,15H,5-6,11-12H2,1-4H3,(H,25,31)(H2,24,26,27). The molecule has 0 radical (unpaired) electrons. The van der Waals surface area contributed by atoms with Crippen molar-refractivity contribution in [3.63, 3.8) is 0 Å². The van der Waals surface area contributed by atoms with Gasteiger partial charge in [0.25, 0.3) is 11.5 Å². The molecule has 1 amide bonds. The number of amides is 1. The van der Waals surface area contributed by atoms with E-state index < -0.39 is 35.1 Å². The first kappa shape index (κ1) is 26.2. The van der Waals surface area contributed by atoms with Gasteiger partial charge >= 0.3 is 17.6 Å². The van der Waals surface area contributed by atoms with Crippen LogP contribution in [0, 0.1) is 0 Å². The van der Waals surface area contributed by atoms with Gasteiger partial charge in [-0.1, -0.05) is 0 Å². The molecular weight excluding hydrogens is 472 g/mol.